The van der Waals surface area contributed by atoms with Crippen LogP contribution in [0.1, 0.15) is 10.4 Å². The minimum absolute atomic E-state index is 0.0997. The molecule has 0 bridgehead atoms. The van der Waals surface area contributed by atoms with Crippen LogP contribution in [0.2, 0.25) is 0 Å². The molecule has 0 saturated heterocycles. The topological polar surface area (TPSA) is 100 Å². The highest BCUT2D eigenvalue weighted by molar-refractivity contribution is 7.85. The number of rotatable bonds is 5. The molecule has 2 N–H and O–H groups in total. The van der Waals surface area contributed by atoms with E-state index in [4.69, 9.17) is 4.55 Å². The van der Waals surface area contributed by atoms with Gasteiger partial charge in [-0.2, -0.15) is 21.6 Å². The lowest BCUT2D eigenvalue weighted by molar-refractivity contribution is -0.750. The lowest BCUT2D eigenvalue weighted by atomic mass is 10.3. The Kier molecular flexibility index (Phi) is 5.00. The fraction of sp³-hybridized carbons (Fsp3) is 0.444. The zero-order valence-corrected chi connectivity index (χ0v) is 10.8. The lowest BCUT2D eigenvalue weighted by Crippen LogP contribution is -2.41. The Bertz CT molecular complexity index is 571. The summed E-state index contributed by atoms with van der Waals surface area (Å²) in [5, 5.41) is 5.31. The number of aromatic nitrogens is 2. The molecule has 1 rings (SSSR count). The van der Waals surface area contributed by atoms with Crippen LogP contribution in [0.3, 0.4) is 0 Å². The third-order valence-corrected chi connectivity index (χ3v) is 2.76. The minimum atomic E-state index is -4.51. The third kappa shape index (κ3) is 6.43. The summed E-state index contributed by atoms with van der Waals surface area (Å²) in [4.78, 5) is 11.3. The SMILES string of the molecule is O=C(NCC(F)(F)F)c1cc[n+](CCS(=O)(=O)O)nc1. The van der Waals surface area contributed by atoms with Crippen molar-refractivity contribution in [3.05, 3.63) is 24.0 Å². The maximum absolute atomic E-state index is 11.9. The van der Waals surface area contributed by atoms with Crippen molar-refractivity contribution in [1.29, 1.82) is 0 Å². The normalized spacial score (nSPS) is 12.2. The summed E-state index contributed by atoms with van der Waals surface area (Å²) in [5.74, 6) is -1.51. The lowest BCUT2D eigenvalue weighted by Gasteiger charge is -2.07. The molecule has 0 fully saturated rings. The monoisotopic (exact) mass is 314 g/mol. The zero-order valence-electron chi connectivity index (χ0n) is 9.96. The molecular weight excluding hydrogens is 303 g/mol. The standard InChI is InChI=1S/C9H10F3N3O4S/c10-9(11,12)6-13-8(16)7-1-2-15(14-5-7)3-4-20(17,18)19/h1-2,5H,3-4,6H2,(H-,13,16,17,18,19)/p+1. The van der Waals surface area contributed by atoms with Crippen LogP contribution >= 0.6 is 0 Å². The summed E-state index contributed by atoms with van der Waals surface area (Å²) in [7, 11) is -4.14. The van der Waals surface area contributed by atoms with E-state index in [0.29, 0.717) is 0 Å². The Morgan fingerprint density at radius 2 is 2.10 bits per heavy atom. The number of amides is 1. The molecule has 1 aromatic heterocycles. The number of carbonyl (C=O) groups excluding carboxylic acids is 1. The fourth-order valence-electron chi connectivity index (χ4n) is 1.14. The molecule has 0 aromatic carbocycles. The molecule has 7 nitrogen and oxygen atoms in total. The van der Waals surface area contributed by atoms with Crippen LogP contribution in [0.15, 0.2) is 18.5 Å². The first-order valence-electron chi connectivity index (χ1n) is 5.23. The van der Waals surface area contributed by atoms with Crippen molar-refractivity contribution in [2.24, 2.45) is 0 Å². The van der Waals surface area contributed by atoms with Gasteiger partial charge in [0.25, 0.3) is 16.0 Å². The predicted molar refractivity (Wildman–Crippen MR) is 59.2 cm³/mol. The van der Waals surface area contributed by atoms with E-state index in [-0.39, 0.29) is 12.1 Å². The molecule has 1 heterocycles. The molecule has 11 heteroatoms. The molecule has 112 valence electrons. The van der Waals surface area contributed by atoms with Gasteiger partial charge in [-0.1, -0.05) is 4.68 Å². The van der Waals surface area contributed by atoms with Crippen molar-refractivity contribution in [3.8, 4) is 0 Å². The van der Waals surface area contributed by atoms with Crippen molar-refractivity contribution in [3.63, 3.8) is 0 Å². The number of nitrogens with one attached hydrogen (secondary N) is 1. The number of nitrogens with zero attached hydrogens (tertiary/aromatic N) is 2. The van der Waals surface area contributed by atoms with Crippen molar-refractivity contribution in [2.45, 2.75) is 12.7 Å². The first kappa shape index (κ1) is 16.3. The summed E-state index contributed by atoms with van der Waals surface area (Å²) < 4.78 is 66.3. The van der Waals surface area contributed by atoms with Crippen molar-refractivity contribution < 1.29 is 35.6 Å². The number of halogens is 3. The molecule has 0 aliphatic heterocycles. The number of hydrogen-bond acceptors (Lipinski definition) is 4. The molecule has 1 amide bonds. The van der Waals surface area contributed by atoms with Gasteiger partial charge in [0.05, 0.1) is 5.56 Å². The van der Waals surface area contributed by atoms with Crippen LogP contribution in [0.4, 0.5) is 13.2 Å². The van der Waals surface area contributed by atoms with E-state index in [2.05, 4.69) is 5.10 Å². The Balaban J connectivity index is 2.60. The first-order chi connectivity index (χ1) is 9.07. The maximum atomic E-state index is 11.9. The summed E-state index contributed by atoms with van der Waals surface area (Å²) in [5.41, 5.74) is -0.0997. The smallest absolute Gasteiger partial charge is 0.343 e. The molecule has 0 spiro atoms. The molecule has 0 aliphatic rings. The van der Waals surface area contributed by atoms with E-state index < -0.39 is 34.5 Å². The van der Waals surface area contributed by atoms with Gasteiger partial charge in [-0.3, -0.25) is 9.35 Å². The van der Waals surface area contributed by atoms with E-state index in [1.54, 1.807) is 5.32 Å². The van der Waals surface area contributed by atoms with E-state index in [1.165, 1.54) is 12.3 Å². The molecule has 0 atom stereocenters. The van der Waals surface area contributed by atoms with Gasteiger partial charge in [-0.15, -0.1) is 0 Å². The highest BCUT2D eigenvalue weighted by Crippen LogP contribution is 2.12. The second kappa shape index (κ2) is 6.13. The van der Waals surface area contributed by atoms with Gasteiger partial charge in [0.1, 0.15) is 18.5 Å². The Hall–Kier alpha value is -1.75. The van der Waals surface area contributed by atoms with Gasteiger partial charge in [0, 0.05) is 6.07 Å². The van der Waals surface area contributed by atoms with Crippen molar-refractivity contribution in [2.75, 3.05) is 12.3 Å². The summed E-state index contributed by atoms with van der Waals surface area (Å²) in [6.07, 6.45) is -2.29. The van der Waals surface area contributed by atoms with Crippen LogP contribution in [0, 0.1) is 0 Å². The quantitative estimate of drug-likeness (QED) is 0.566. The fourth-order valence-corrected chi connectivity index (χ4v) is 1.56. The van der Waals surface area contributed by atoms with Gasteiger partial charge < -0.3 is 5.32 Å². The Labute approximate surface area is 112 Å². The van der Waals surface area contributed by atoms with E-state index >= 15 is 0 Å². The minimum Gasteiger partial charge on any atom is -0.343 e. The van der Waals surface area contributed by atoms with Crippen LogP contribution in [-0.2, 0) is 16.7 Å². The van der Waals surface area contributed by atoms with Crippen LogP contribution in [0.25, 0.3) is 0 Å². The Morgan fingerprint density at radius 1 is 1.45 bits per heavy atom. The molecule has 20 heavy (non-hydrogen) atoms. The average Bonchev–Trinajstić information content (AvgIpc) is 2.32. The number of carbonyl (C=O) groups is 1. The molecule has 1 aromatic rings. The average molecular weight is 314 g/mol. The summed E-state index contributed by atoms with van der Waals surface area (Å²) >= 11 is 0. The predicted octanol–water partition coefficient (Wildman–Crippen LogP) is -0.451. The van der Waals surface area contributed by atoms with Gasteiger partial charge in [-0.25, -0.2) is 0 Å². The second-order valence-electron chi connectivity index (χ2n) is 3.76. The van der Waals surface area contributed by atoms with Crippen LogP contribution < -0.4 is 10.00 Å². The third-order valence-electron chi connectivity index (χ3n) is 2.06. The summed E-state index contributed by atoms with van der Waals surface area (Å²) in [6, 6.07) is 1.18. The van der Waals surface area contributed by atoms with Crippen LogP contribution in [0.5, 0.6) is 0 Å². The number of aryl methyl sites for hydroxylation is 1. The van der Waals surface area contributed by atoms with E-state index in [0.717, 1.165) is 10.9 Å². The molecule has 0 saturated carbocycles. The van der Waals surface area contributed by atoms with E-state index in [9.17, 15) is 26.4 Å². The summed E-state index contributed by atoms with van der Waals surface area (Å²) in [6.45, 7) is -1.60. The van der Waals surface area contributed by atoms with Gasteiger partial charge in [-0.05, 0) is 5.10 Å². The van der Waals surface area contributed by atoms with Gasteiger partial charge >= 0.3 is 6.18 Å². The van der Waals surface area contributed by atoms with Gasteiger partial charge in [0.2, 0.25) is 0 Å². The highest BCUT2D eigenvalue weighted by atomic mass is 32.2. The molecule has 0 radical (unpaired) electrons. The molecular formula is C9H11F3N3O4S+. The van der Waals surface area contributed by atoms with E-state index in [1.807, 2.05) is 0 Å². The second-order valence-corrected chi connectivity index (χ2v) is 5.33. The number of hydrogen-bond donors (Lipinski definition) is 2. The maximum Gasteiger partial charge on any atom is 0.405 e. The molecule has 0 unspecified atom stereocenters. The zero-order chi connectivity index (χ0) is 15.4. The van der Waals surface area contributed by atoms with Crippen molar-refractivity contribution in [1.82, 2.24) is 10.4 Å². The number of alkyl halides is 3. The highest BCUT2D eigenvalue weighted by Gasteiger charge is 2.28. The van der Waals surface area contributed by atoms with Gasteiger partial charge in [0.15, 0.2) is 12.7 Å². The first-order valence-corrected chi connectivity index (χ1v) is 6.84. The largest absolute Gasteiger partial charge is 0.405 e. The Morgan fingerprint density at radius 3 is 2.55 bits per heavy atom. The van der Waals surface area contributed by atoms with Crippen LogP contribution in [-0.4, -0.2) is 42.5 Å². The van der Waals surface area contributed by atoms with Crippen molar-refractivity contribution >= 4 is 16.0 Å². The molecule has 0 aliphatic carbocycles.